The van der Waals surface area contributed by atoms with Crippen molar-refractivity contribution in [3.63, 3.8) is 0 Å². The molecule has 2 fully saturated rings. The highest BCUT2D eigenvalue weighted by Crippen LogP contribution is 2.28. The maximum atomic E-state index is 12.5. The number of ether oxygens (including phenoxy) is 1. The van der Waals surface area contributed by atoms with Crippen LogP contribution < -0.4 is 5.73 Å². The van der Waals surface area contributed by atoms with Gasteiger partial charge in [-0.05, 0) is 49.8 Å². The molecule has 1 aliphatic heterocycles. The van der Waals surface area contributed by atoms with Gasteiger partial charge in [0, 0.05) is 25.0 Å². The lowest BCUT2D eigenvalue weighted by molar-refractivity contribution is -0.138. The van der Waals surface area contributed by atoms with Gasteiger partial charge >= 0.3 is 0 Å². The number of hydrogen-bond donors (Lipinski definition) is 1. The van der Waals surface area contributed by atoms with E-state index in [0.29, 0.717) is 16.7 Å². The molecule has 1 heterocycles. The van der Waals surface area contributed by atoms with Gasteiger partial charge in [-0.3, -0.25) is 4.79 Å². The smallest absolute Gasteiger partial charge is 0.225 e. The van der Waals surface area contributed by atoms with Gasteiger partial charge in [0.05, 0.1) is 22.8 Å². The second-order valence-electron chi connectivity index (χ2n) is 6.85. The largest absolute Gasteiger partial charge is 0.373 e. The molecule has 3 rings (SSSR count). The Kier molecular flexibility index (Phi) is 7.84. The summed E-state index contributed by atoms with van der Waals surface area (Å²) >= 11 is 11.9. The van der Waals surface area contributed by atoms with Crippen LogP contribution in [0.5, 0.6) is 0 Å². The molecule has 1 aliphatic carbocycles. The van der Waals surface area contributed by atoms with Crippen LogP contribution in [0.3, 0.4) is 0 Å². The zero-order valence-corrected chi connectivity index (χ0v) is 16.5. The molecule has 0 bridgehead atoms. The summed E-state index contributed by atoms with van der Waals surface area (Å²) in [4.78, 5) is 14.5. The third-order valence-corrected chi connectivity index (χ3v) is 5.78. The Morgan fingerprint density at radius 2 is 1.88 bits per heavy atom. The first-order valence-electron chi connectivity index (χ1n) is 8.63. The molecule has 140 valence electrons. The fraction of sp³-hybridized carbons (Fsp3) is 0.611. The van der Waals surface area contributed by atoms with Crippen LogP contribution in [0.25, 0.3) is 0 Å². The van der Waals surface area contributed by atoms with Crippen LogP contribution in [0, 0.1) is 5.92 Å². The monoisotopic (exact) mass is 406 g/mol. The van der Waals surface area contributed by atoms with Crippen LogP contribution in [0.1, 0.15) is 37.7 Å². The molecule has 1 saturated carbocycles. The molecule has 2 unspecified atom stereocenters. The molecule has 2 aliphatic rings. The van der Waals surface area contributed by atoms with Crippen LogP contribution in [0.2, 0.25) is 10.0 Å². The van der Waals surface area contributed by atoms with E-state index in [1.54, 1.807) is 6.07 Å². The third-order valence-electron chi connectivity index (χ3n) is 5.05. The van der Waals surface area contributed by atoms with E-state index in [4.69, 9.17) is 33.7 Å². The van der Waals surface area contributed by atoms with Crippen LogP contribution in [-0.2, 0) is 16.1 Å². The van der Waals surface area contributed by atoms with Crippen molar-refractivity contribution in [3.8, 4) is 0 Å². The molecular formula is C18H25Cl3N2O2. The Morgan fingerprint density at radius 3 is 2.48 bits per heavy atom. The average Bonchev–Trinajstić information content (AvgIpc) is 3.02. The van der Waals surface area contributed by atoms with Crippen molar-refractivity contribution in [2.75, 3.05) is 13.1 Å². The van der Waals surface area contributed by atoms with E-state index in [1.165, 1.54) is 0 Å². The summed E-state index contributed by atoms with van der Waals surface area (Å²) in [6, 6.07) is 5.75. The molecular weight excluding hydrogens is 383 g/mol. The van der Waals surface area contributed by atoms with E-state index in [9.17, 15) is 4.79 Å². The number of carbonyl (C=O) groups is 1. The minimum atomic E-state index is 0. The average molecular weight is 408 g/mol. The van der Waals surface area contributed by atoms with Crippen LogP contribution in [0.4, 0.5) is 0 Å². The fourth-order valence-electron chi connectivity index (χ4n) is 3.59. The van der Waals surface area contributed by atoms with Gasteiger partial charge in [0.15, 0.2) is 0 Å². The summed E-state index contributed by atoms with van der Waals surface area (Å²) in [5.74, 6) is 0.416. The first-order chi connectivity index (χ1) is 11.5. The van der Waals surface area contributed by atoms with Gasteiger partial charge in [-0.1, -0.05) is 29.3 Å². The second-order valence-corrected chi connectivity index (χ2v) is 7.67. The fourth-order valence-corrected chi connectivity index (χ4v) is 3.91. The molecule has 1 amide bonds. The number of hydrogen-bond acceptors (Lipinski definition) is 3. The lowest BCUT2D eigenvalue weighted by Gasteiger charge is -2.33. The number of benzene rings is 1. The maximum Gasteiger partial charge on any atom is 0.225 e. The summed E-state index contributed by atoms with van der Waals surface area (Å²) in [6.07, 6.45) is 4.70. The molecule has 0 radical (unpaired) electrons. The molecule has 25 heavy (non-hydrogen) atoms. The Labute approximate surface area is 165 Å². The zero-order chi connectivity index (χ0) is 17.1. The van der Waals surface area contributed by atoms with E-state index in [-0.39, 0.29) is 36.4 Å². The van der Waals surface area contributed by atoms with Gasteiger partial charge in [0.25, 0.3) is 0 Å². The number of carbonyl (C=O) groups excluding carboxylic acids is 1. The number of halogens is 3. The number of nitrogens with two attached hydrogens (primary N) is 1. The molecule has 1 aromatic carbocycles. The van der Waals surface area contributed by atoms with Gasteiger partial charge in [0.2, 0.25) is 5.91 Å². The van der Waals surface area contributed by atoms with Gasteiger partial charge in [-0.15, -0.1) is 12.4 Å². The molecule has 4 nitrogen and oxygen atoms in total. The minimum absolute atomic E-state index is 0. The second kappa shape index (κ2) is 9.43. The van der Waals surface area contributed by atoms with Crippen molar-refractivity contribution < 1.29 is 9.53 Å². The molecule has 2 atom stereocenters. The lowest BCUT2D eigenvalue weighted by Crippen LogP contribution is -2.43. The van der Waals surface area contributed by atoms with Crippen molar-refractivity contribution in [1.29, 1.82) is 0 Å². The van der Waals surface area contributed by atoms with Crippen LogP contribution in [0.15, 0.2) is 18.2 Å². The summed E-state index contributed by atoms with van der Waals surface area (Å²) in [7, 11) is 0. The van der Waals surface area contributed by atoms with Gasteiger partial charge in [0.1, 0.15) is 0 Å². The van der Waals surface area contributed by atoms with Crippen molar-refractivity contribution in [2.45, 2.75) is 50.9 Å². The van der Waals surface area contributed by atoms with E-state index >= 15 is 0 Å². The minimum Gasteiger partial charge on any atom is -0.373 e. The zero-order valence-electron chi connectivity index (χ0n) is 14.1. The highest BCUT2D eigenvalue weighted by molar-refractivity contribution is 6.42. The van der Waals surface area contributed by atoms with Gasteiger partial charge in [-0.2, -0.15) is 0 Å². The number of nitrogens with zero attached hydrogens (tertiary/aromatic N) is 1. The highest BCUT2D eigenvalue weighted by atomic mass is 35.5. The molecule has 1 saturated heterocycles. The van der Waals surface area contributed by atoms with E-state index in [2.05, 4.69) is 0 Å². The summed E-state index contributed by atoms with van der Waals surface area (Å²) in [5, 5.41) is 1.10. The highest BCUT2D eigenvalue weighted by Gasteiger charge is 2.32. The summed E-state index contributed by atoms with van der Waals surface area (Å²) in [5.41, 5.74) is 6.94. The van der Waals surface area contributed by atoms with E-state index < -0.39 is 0 Å². The third kappa shape index (κ3) is 5.48. The Bertz CT molecular complexity index is 592. The summed E-state index contributed by atoms with van der Waals surface area (Å²) in [6.45, 7) is 2.07. The van der Waals surface area contributed by atoms with Gasteiger partial charge < -0.3 is 15.4 Å². The van der Waals surface area contributed by atoms with Gasteiger partial charge in [-0.25, -0.2) is 0 Å². The number of piperidine rings is 1. The van der Waals surface area contributed by atoms with E-state index in [1.807, 2.05) is 17.0 Å². The Hall–Kier alpha value is -0.520. The summed E-state index contributed by atoms with van der Waals surface area (Å²) < 4.78 is 5.97. The number of likely N-dealkylation sites (tertiary alicyclic amines) is 1. The predicted molar refractivity (Wildman–Crippen MR) is 103 cm³/mol. The van der Waals surface area contributed by atoms with Crippen molar-refractivity contribution in [2.24, 2.45) is 11.7 Å². The van der Waals surface area contributed by atoms with Crippen LogP contribution in [-0.4, -0.2) is 36.0 Å². The van der Waals surface area contributed by atoms with Crippen LogP contribution >= 0.6 is 35.6 Å². The number of rotatable bonds is 4. The number of amides is 1. The quantitative estimate of drug-likeness (QED) is 0.819. The SMILES string of the molecule is Cl.NC1CCC(C(=O)N2CCC(OCc3ccc(Cl)c(Cl)c3)CC2)C1. The lowest BCUT2D eigenvalue weighted by atomic mass is 10.0. The first-order valence-corrected chi connectivity index (χ1v) is 9.38. The molecule has 1 aromatic rings. The molecule has 7 heteroatoms. The maximum absolute atomic E-state index is 12.5. The molecule has 0 spiro atoms. The van der Waals surface area contributed by atoms with Crippen molar-refractivity contribution >= 4 is 41.5 Å². The molecule has 0 aromatic heterocycles. The topological polar surface area (TPSA) is 55.6 Å². The Morgan fingerprint density at radius 1 is 1.16 bits per heavy atom. The van der Waals surface area contributed by atoms with Crippen molar-refractivity contribution in [1.82, 2.24) is 4.90 Å². The predicted octanol–water partition coefficient (Wildman–Crippen LogP) is 4.05. The Balaban J connectivity index is 0.00000225. The normalized spacial score (nSPS) is 24.2. The standard InChI is InChI=1S/C18H24Cl2N2O2.ClH/c19-16-4-1-12(9-17(16)20)11-24-15-5-7-22(8-6-15)18(23)13-2-3-14(21)10-13;/h1,4,9,13-15H,2-3,5-8,10-11,21H2;1H. The molecule has 2 N–H and O–H groups in total. The van der Waals surface area contributed by atoms with Crippen molar-refractivity contribution in [3.05, 3.63) is 33.8 Å². The first kappa shape index (κ1) is 20.8. The van der Waals surface area contributed by atoms with E-state index in [0.717, 1.165) is 50.8 Å².